The van der Waals surface area contributed by atoms with Crippen LogP contribution in [0.25, 0.3) is 50.2 Å². The van der Waals surface area contributed by atoms with E-state index in [0.717, 1.165) is 78.3 Å². The Bertz CT molecular complexity index is 4670. The lowest BCUT2D eigenvalue weighted by atomic mass is 9.80. The number of aromatic nitrogens is 9. The number of pyridine rings is 3. The third kappa shape index (κ3) is 16.0. The average molecular weight is 1290 g/mol. The van der Waals surface area contributed by atoms with Gasteiger partial charge in [0.15, 0.2) is 5.15 Å². The summed E-state index contributed by atoms with van der Waals surface area (Å²) in [5.41, 5.74) is 28.5. The highest BCUT2D eigenvalue weighted by molar-refractivity contribution is 6.62. The Morgan fingerprint density at radius 1 is 0.473 bits per heavy atom. The molecule has 0 bridgehead atoms. The molecule has 9 aromatic heterocycles. The highest BCUT2D eigenvalue weighted by Crippen LogP contribution is 2.38. The summed E-state index contributed by atoms with van der Waals surface area (Å²) in [6.07, 6.45) is 16.2. The lowest BCUT2D eigenvalue weighted by molar-refractivity contribution is -0.116. The van der Waals surface area contributed by atoms with Crippen molar-refractivity contribution in [2.75, 3.05) is 27.4 Å². The van der Waals surface area contributed by atoms with E-state index in [1.807, 2.05) is 148 Å². The van der Waals surface area contributed by atoms with Gasteiger partial charge in [-0.15, -0.1) is 0 Å². The van der Waals surface area contributed by atoms with E-state index in [2.05, 4.69) is 102 Å². The van der Waals surface area contributed by atoms with E-state index in [1.165, 1.54) is 16.7 Å². The fraction of sp³-hybridized carbons (Fsp3) is 0.153. The molecule has 468 valence electrons. The molecule has 4 aromatic carbocycles. The number of nitrogens with two attached hydrogens (primary N) is 2. The number of fused-ring (bicyclic) bond motifs is 3. The fourth-order valence-corrected chi connectivity index (χ4v) is 11.1. The fourth-order valence-electron chi connectivity index (χ4n) is 10.4. The van der Waals surface area contributed by atoms with Crippen LogP contribution < -0.4 is 32.9 Å². The number of anilines is 5. The zero-order chi connectivity index (χ0) is 65.1. The lowest BCUT2D eigenvalue weighted by Gasteiger charge is -2.32. The number of nitrogens with zero attached hydrogens (tertiary/aromatic N) is 9. The van der Waals surface area contributed by atoms with Crippen molar-refractivity contribution in [3.05, 3.63) is 269 Å². The van der Waals surface area contributed by atoms with Gasteiger partial charge in [-0.2, -0.15) is 15.3 Å². The summed E-state index contributed by atoms with van der Waals surface area (Å²) in [7, 11) is -0.388. The second-order valence-electron chi connectivity index (χ2n) is 23.2. The number of nitrogen functional groups attached to an aromatic ring is 2. The molecule has 0 saturated carbocycles. The van der Waals surface area contributed by atoms with Crippen LogP contribution in [0.15, 0.2) is 232 Å². The van der Waals surface area contributed by atoms with Crippen molar-refractivity contribution in [2.45, 2.75) is 71.9 Å². The lowest BCUT2D eigenvalue weighted by Crippen LogP contribution is -2.41. The van der Waals surface area contributed by atoms with Gasteiger partial charge in [-0.05, 0) is 111 Å². The van der Waals surface area contributed by atoms with Crippen LogP contribution in [-0.4, -0.2) is 67.9 Å². The molecule has 10 heterocycles. The van der Waals surface area contributed by atoms with E-state index in [-0.39, 0.29) is 24.1 Å². The summed E-state index contributed by atoms with van der Waals surface area (Å²) < 4.78 is 17.1. The summed E-state index contributed by atoms with van der Waals surface area (Å²) in [6.45, 7) is 11.8. The number of nitrogens with one attached hydrogen (secondary N) is 3. The second kappa shape index (κ2) is 29.0. The molecule has 0 radical (unpaired) electrons. The Kier molecular flexibility index (Phi) is 20.1. The predicted molar refractivity (Wildman–Crippen MR) is 377 cm³/mol. The quantitative estimate of drug-likeness (QED) is 0.0604. The van der Waals surface area contributed by atoms with E-state index in [9.17, 15) is 4.79 Å². The number of ketones is 1. The second-order valence-corrected chi connectivity index (χ2v) is 24.4. The molecule has 1 saturated heterocycles. The van der Waals surface area contributed by atoms with Gasteiger partial charge in [-0.1, -0.05) is 156 Å². The van der Waals surface area contributed by atoms with Crippen LogP contribution in [0.3, 0.4) is 0 Å². The summed E-state index contributed by atoms with van der Waals surface area (Å²) in [5, 5.41) is 25.8. The van der Waals surface area contributed by atoms with Gasteiger partial charge < -0.3 is 36.7 Å². The van der Waals surface area contributed by atoms with Gasteiger partial charge in [-0.3, -0.25) is 19.7 Å². The third-order valence-electron chi connectivity index (χ3n) is 15.7. The number of benzene rings is 4. The highest BCUT2D eigenvalue weighted by Gasteiger charge is 2.51. The normalized spacial score (nSPS) is 12.9. The zero-order valence-corrected chi connectivity index (χ0v) is 54.2. The van der Waals surface area contributed by atoms with Crippen LogP contribution in [-0.2, 0) is 40.2 Å². The average Bonchev–Trinajstić information content (AvgIpc) is 1.74. The third-order valence-corrected chi connectivity index (χ3v) is 16.5. The summed E-state index contributed by atoms with van der Waals surface area (Å²) >= 11 is 18.5. The molecule has 1 aliphatic heterocycles. The van der Waals surface area contributed by atoms with Crippen LogP contribution >= 0.6 is 34.8 Å². The number of hydrogen-bond donors (Lipinski definition) is 5. The minimum Gasteiger partial charge on any atom is -0.399 e. The number of halogens is 3. The Hall–Kier alpha value is -10.1. The van der Waals surface area contributed by atoms with Crippen molar-refractivity contribution >= 4 is 98.2 Å². The molecule has 0 amide bonds. The molecule has 17 nitrogen and oxygen atoms in total. The molecule has 13 aromatic rings. The molecular weight excluding hydrogens is 1230 g/mol. The van der Waals surface area contributed by atoms with Crippen molar-refractivity contribution in [1.82, 2.24) is 43.8 Å². The minimum absolute atomic E-state index is 0.112. The number of Topliss-reactive ketones (excluding diaryl/α,β-unsaturated/α-hetero) is 1. The molecule has 1 aliphatic rings. The van der Waals surface area contributed by atoms with E-state index >= 15 is 0 Å². The number of rotatable bonds is 15. The Morgan fingerprint density at radius 2 is 0.903 bits per heavy atom. The largest absolute Gasteiger partial charge is 0.496 e. The van der Waals surface area contributed by atoms with Gasteiger partial charge in [0.2, 0.25) is 0 Å². The molecule has 0 spiro atoms. The molecule has 1 fully saturated rings. The molecule has 93 heavy (non-hydrogen) atoms. The maximum absolute atomic E-state index is 11.6. The van der Waals surface area contributed by atoms with Crippen molar-refractivity contribution < 1.29 is 14.1 Å². The SMILES string of the molecule is CC(=O)Cc1cncc(-c2cc(NCc3ccccc3)c3c(-c4ccccc4)ccn3n2)c1.CC1(C)OB(c2cncc(N)c2)OC1(C)C.Clc1cc(NCc2ccccc2)c2c(Cl)ccn2n1.Nc1cncc(-c2cc(NCc3ccccc3)c3c(Cl)ccn3n2)c1. The summed E-state index contributed by atoms with van der Waals surface area (Å²) in [5.74, 6) is 0.112. The molecule has 0 aliphatic carbocycles. The molecule has 14 rings (SSSR count). The van der Waals surface area contributed by atoms with E-state index < -0.39 is 0 Å². The van der Waals surface area contributed by atoms with Gasteiger partial charge in [0.05, 0.1) is 60.9 Å². The first-order chi connectivity index (χ1) is 44.9. The van der Waals surface area contributed by atoms with Crippen LogP contribution in [0, 0.1) is 0 Å². The first-order valence-electron chi connectivity index (χ1n) is 30.1. The van der Waals surface area contributed by atoms with E-state index in [0.29, 0.717) is 52.6 Å². The molecule has 7 N–H and O–H groups in total. The first-order valence-corrected chi connectivity index (χ1v) is 31.2. The zero-order valence-electron chi connectivity index (χ0n) is 51.9. The van der Waals surface area contributed by atoms with E-state index in [4.69, 9.17) is 60.7 Å². The molecule has 0 unspecified atom stereocenters. The van der Waals surface area contributed by atoms with Crippen molar-refractivity contribution in [3.63, 3.8) is 0 Å². The smallest absolute Gasteiger partial charge is 0.399 e. The van der Waals surface area contributed by atoms with Crippen LogP contribution in [0.2, 0.25) is 15.2 Å². The monoisotopic (exact) mass is 1290 g/mol. The Morgan fingerprint density at radius 3 is 1.41 bits per heavy atom. The topological polar surface area (TPSA) is 214 Å². The standard InChI is InChI=1S/C28H24N4O.C19H16ClN5.C14H11Cl2N3.C11H17BN2O2/c1-20(33)14-22-15-24(19-29-17-22)26-16-27(30-18-21-8-4-2-5-9-21)28-25(12-13-32(28)31-26)23-10-6-3-7-11-23;20-16-6-7-25-19(16)18(23-10-13-4-2-1-3-5-13)9-17(24-25)14-8-15(21)12-22-11-14;15-11-6-7-19-14(11)12(8-13(16)18-19)17-9-10-4-2-1-3-5-10;1-10(2)11(3,4)16-12(15-10)8-5-9(13)7-14-6-8/h2-13,15-17,19,30H,14,18H2,1H3;1-9,11-12,23H,10,21H2;1-8,17H,9H2;5-7H,13H2,1-4H3. The maximum atomic E-state index is 11.6. The molecular formula is C72H68BCl3N14O3. The van der Waals surface area contributed by atoms with Crippen molar-refractivity contribution in [1.29, 1.82) is 0 Å². The van der Waals surface area contributed by atoms with Crippen LogP contribution in [0.1, 0.15) is 56.9 Å². The Labute approximate surface area is 554 Å². The number of hydrogen-bond acceptors (Lipinski definition) is 14. The van der Waals surface area contributed by atoms with Gasteiger partial charge in [0.1, 0.15) is 16.8 Å². The maximum Gasteiger partial charge on any atom is 0.496 e. The minimum atomic E-state index is -0.388. The Balaban J connectivity index is 0.000000132. The molecule has 21 heteroatoms. The van der Waals surface area contributed by atoms with Crippen LogP contribution in [0.4, 0.5) is 28.4 Å². The van der Waals surface area contributed by atoms with Crippen molar-refractivity contribution in [2.24, 2.45) is 0 Å². The number of carbonyl (C=O) groups excluding carboxylic acids is 1. The summed E-state index contributed by atoms with van der Waals surface area (Å²) in [4.78, 5) is 24.1. The van der Waals surface area contributed by atoms with Gasteiger partial charge in [-0.25, -0.2) is 13.5 Å². The first kappa shape index (κ1) is 64.5. The highest BCUT2D eigenvalue weighted by atomic mass is 35.5. The van der Waals surface area contributed by atoms with Gasteiger partial charge in [0, 0.05) is 116 Å². The van der Waals surface area contributed by atoms with Gasteiger partial charge >= 0.3 is 7.12 Å². The number of carbonyl (C=O) groups is 1. The molecule has 0 atom stereocenters. The summed E-state index contributed by atoms with van der Waals surface area (Å²) in [6, 6.07) is 58.2. The van der Waals surface area contributed by atoms with Crippen molar-refractivity contribution in [3.8, 4) is 33.6 Å². The van der Waals surface area contributed by atoms with Crippen LogP contribution in [0.5, 0.6) is 0 Å². The van der Waals surface area contributed by atoms with E-state index in [1.54, 1.807) is 71.5 Å². The predicted octanol–water partition coefficient (Wildman–Crippen LogP) is 15.3. The van der Waals surface area contributed by atoms with Gasteiger partial charge in [0.25, 0.3) is 0 Å².